The predicted octanol–water partition coefficient (Wildman–Crippen LogP) is 4.35. The van der Waals surface area contributed by atoms with Crippen LogP contribution in [0.15, 0.2) is 46.9 Å². The SMILES string of the molecule is COc1cc(C[C@]2(CCC(=O)N3CCC[C@H](c4nc5ccccc5o4)C3)CCC(=O)N2)ccc1F. The Bertz CT molecular complexity index is 1210. The number of piperidine rings is 1. The largest absolute Gasteiger partial charge is 0.494 e. The lowest BCUT2D eigenvalue weighted by atomic mass is 9.84. The van der Waals surface area contributed by atoms with Crippen molar-refractivity contribution in [2.45, 2.75) is 56.4 Å². The fraction of sp³-hybridized carbons (Fsp3) is 0.444. The van der Waals surface area contributed by atoms with E-state index in [1.165, 1.54) is 13.2 Å². The summed E-state index contributed by atoms with van der Waals surface area (Å²) >= 11 is 0. The van der Waals surface area contributed by atoms with Gasteiger partial charge in [-0.3, -0.25) is 9.59 Å². The maximum absolute atomic E-state index is 13.9. The number of carbonyl (C=O) groups excluding carboxylic acids is 2. The smallest absolute Gasteiger partial charge is 0.222 e. The Morgan fingerprint density at radius 2 is 2.17 bits per heavy atom. The second-order valence-electron chi connectivity index (χ2n) is 9.67. The molecular formula is C27H30FN3O4. The van der Waals surface area contributed by atoms with Gasteiger partial charge in [0.2, 0.25) is 11.8 Å². The minimum absolute atomic E-state index is 0.0134. The van der Waals surface area contributed by atoms with Gasteiger partial charge >= 0.3 is 0 Å². The van der Waals surface area contributed by atoms with Gasteiger partial charge in [-0.2, -0.15) is 0 Å². The van der Waals surface area contributed by atoms with Crippen molar-refractivity contribution in [1.82, 2.24) is 15.2 Å². The molecule has 0 radical (unpaired) electrons. The molecule has 2 saturated heterocycles. The molecule has 3 heterocycles. The highest BCUT2D eigenvalue weighted by molar-refractivity contribution is 5.80. The van der Waals surface area contributed by atoms with E-state index >= 15 is 0 Å². The van der Waals surface area contributed by atoms with Crippen LogP contribution in [0.2, 0.25) is 0 Å². The topological polar surface area (TPSA) is 84.7 Å². The average molecular weight is 480 g/mol. The molecule has 1 aromatic heterocycles. The Kier molecular flexibility index (Phi) is 6.45. The number of aromatic nitrogens is 1. The highest BCUT2D eigenvalue weighted by atomic mass is 19.1. The van der Waals surface area contributed by atoms with Gasteiger partial charge in [-0.15, -0.1) is 0 Å². The van der Waals surface area contributed by atoms with E-state index in [1.54, 1.807) is 12.1 Å². The van der Waals surface area contributed by atoms with Gasteiger partial charge in [-0.25, -0.2) is 9.37 Å². The number of amides is 2. The van der Waals surface area contributed by atoms with E-state index in [1.807, 2.05) is 29.2 Å². The molecule has 3 aromatic rings. The van der Waals surface area contributed by atoms with Crippen LogP contribution in [0.3, 0.4) is 0 Å². The third kappa shape index (κ3) is 5.01. The Morgan fingerprint density at radius 1 is 1.31 bits per heavy atom. The summed E-state index contributed by atoms with van der Waals surface area (Å²) in [6, 6.07) is 12.5. The van der Waals surface area contributed by atoms with E-state index in [0.29, 0.717) is 51.1 Å². The van der Waals surface area contributed by atoms with Crippen LogP contribution in [-0.4, -0.2) is 47.4 Å². The molecule has 8 heteroatoms. The van der Waals surface area contributed by atoms with Crippen LogP contribution in [-0.2, 0) is 16.0 Å². The summed E-state index contributed by atoms with van der Waals surface area (Å²) in [4.78, 5) is 31.9. The van der Waals surface area contributed by atoms with Crippen LogP contribution in [0.25, 0.3) is 11.1 Å². The lowest BCUT2D eigenvalue weighted by Crippen LogP contribution is -2.45. The Hall–Kier alpha value is -3.42. The normalized spacial score (nSPS) is 22.4. The molecule has 5 rings (SSSR count). The van der Waals surface area contributed by atoms with Gasteiger partial charge in [0.05, 0.1) is 13.0 Å². The molecule has 0 spiro atoms. The molecule has 2 fully saturated rings. The number of ether oxygens (including phenoxy) is 1. The summed E-state index contributed by atoms with van der Waals surface area (Å²) in [5.74, 6) is 0.579. The number of para-hydroxylation sites is 2. The molecule has 2 aliphatic rings. The number of methoxy groups -OCH3 is 1. The van der Waals surface area contributed by atoms with E-state index in [0.717, 1.165) is 29.5 Å². The maximum Gasteiger partial charge on any atom is 0.222 e. The predicted molar refractivity (Wildman–Crippen MR) is 129 cm³/mol. The number of benzene rings is 2. The molecular weight excluding hydrogens is 449 g/mol. The van der Waals surface area contributed by atoms with E-state index < -0.39 is 11.4 Å². The van der Waals surface area contributed by atoms with Gasteiger partial charge in [0.1, 0.15) is 5.52 Å². The number of nitrogens with one attached hydrogen (secondary N) is 1. The summed E-state index contributed by atoms with van der Waals surface area (Å²) in [5.41, 5.74) is 1.95. The number of carbonyl (C=O) groups is 2. The number of oxazole rings is 1. The number of nitrogens with zero attached hydrogens (tertiary/aromatic N) is 2. The van der Waals surface area contributed by atoms with Crippen molar-refractivity contribution in [3.8, 4) is 5.75 Å². The molecule has 2 amide bonds. The molecule has 2 atom stereocenters. The lowest BCUT2D eigenvalue weighted by molar-refractivity contribution is -0.133. The molecule has 0 unspecified atom stereocenters. The van der Waals surface area contributed by atoms with Crippen molar-refractivity contribution < 1.29 is 23.1 Å². The second-order valence-corrected chi connectivity index (χ2v) is 9.67. The number of rotatable bonds is 7. The van der Waals surface area contributed by atoms with E-state index in [9.17, 15) is 14.0 Å². The van der Waals surface area contributed by atoms with Gasteiger partial charge in [0, 0.05) is 31.5 Å². The lowest BCUT2D eigenvalue weighted by Gasteiger charge is -2.34. The first-order valence-corrected chi connectivity index (χ1v) is 12.2. The van der Waals surface area contributed by atoms with E-state index in [-0.39, 0.29) is 23.5 Å². The van der Waals surface area contributed by atoms with Gasteiger partial charge in [-0.1, -0.05) is 18.2 Å². The van der Waals surface area contributed by atoms with Crippen LogP contribution in [0, 0.1) is 5.82 Å². The van der Waals surface area contributed by atoms with Crippen molar-refractivity contribution >= 4 is 22.9 Å². The molecule has 1 N–H and O–H groups in total. The molecule has 7 nitrogen and oxygen atoms in total. The van der Waals surface area contributed by atoms with E-state index in [4.69, 9.17) is 9.15 Å². The van der Waals surface area contributed by atoms with Crippen LogP contribution in [0.4, 0.5) is 4.39 Å². The van der Waals surface area contributed by atoms with Crippen molar-refractivity contribution in [1.29, 1.82) is 0 Å². The monoisotopic (exact) mass is 479 g/mol. The van der Waals surface area contributed by atoms with Crippen molar-refractivity contribution in [2.75, 3.05) is 20.2 Å². The maximum atomic E-state index is 13.9. The van der Waals surface area contributed by atoms with Crippen molar-refractivity contribution in [3.05, 3.63) is 59.7 Å². The molecule has 2 aromatic carbocycles. The first kappa shape index (κ1) is 23.3. The van der Waals surface area contributed by atoms with Crippen LogP contribution >= 0.6 is 0 Å². The van der Waals surface area contributed by atoms with Gasteiger partial charge < -0.3 is 19.4 Å². The first-order valence-electron chi connectivity index (χ1n) is 12.2. The zero-order chi connectivity index (χ0) is 24.4. The molecule has 2 aliphatic heterocycles. The number of likely N-dealkylation sites (tertiary alicyclic amines) is 1. The van der Waals surface area contributed by atoms with Crippen molar-refractivity contribution in [2.24, 2.45) is 0 Å². The fourth-order valence-corrected chi connectivity index (χ4v) is 5.36. The van der Waals surface area contributed by atoms with Crippen LogP contribution in [0.5, 0.6) is 5.75 Å². The summed E-state index contributed by atoms with van der Waals surface area (Å²) in [5, 5.41) is 3.11. The Balaban J connectivity index is 1.25. The molecule has 184 valence electrons. The van der Waals surface area contributed by atoms with Crippen LogP contribution in [0.1, 0.15) is 55.9 Å². The zero-order valence-electron chi connectivity index (χ0n) is 19.9. The highest BCUT2D eigenvalue weighted by Crippen LogP contribution is 2.33. The molecule has 0 aliphatic carbocycles. The van der Waals surface area contributed by atoms with Gasteiger partial charge in [-0.05, 0) is 61.9 Å². The summed E-state index contributed by atoms with van der Waals surface area (Å²) in [6.07, 6.45) is 4.28. The zero-order valence-corrected chi connectivity index (χ0v) is 19.9. The Morgan fingerprint density at radius 3 is 2.94 bits per heavy atom. The van der Waals surface area contributed by atoms with Gasteiger partial charge in [0.15, 0.2) is 23.0 Å². The molecule has 0 bridgehead atoms. The molecule has 35 heavy (non-hydrogen) atoms. The standard InChI is InChI=1S/C27H30FN3O4/c1-34-23-15-18(8-9-20(23)28)16-27(12-10-24(32)30-27)13-11-25(33)31-14-4-5-19(17-31)26-29-21-6-2-3-7-22(21)35-26/h2-3,6-9,15,19H,4-5,10-14,16-17H2,1H3,(H,30,32)/t19-,27+/m0/s1. The summed E-state index contributed by atoms with van der Waals surface area (Å²) in [7, 11) is 1.43. The molecule has 0 saturated carbocycles. The Labute approximate surface area is 203 Å². The fourth-order valence-electron chi connectivity index (χ4n) is 5.36. The van der Waals surface area contributed by atoms with Crippen molar-refractivity contribution in [3.63, 3.8) is 0 Å². The van der Waals surface area contributed by atoms with Crippen LogP contribution < -0.4 is 10.1 Å². The summed E-state index contributed by atoms with van der Waals surface area (Å²) in [6.45, 7) is 1.30. The number of halogens is 1. The first-order chi connectivity index (χ1) is 16.9. The quantitative estimate of drug-likeness (QED) is 0.545. The summed E-state index contributed by atoms with van der Waals surface area (Å²) < 4.78 is 24.9. The minimum Gasteiger partial charge on any atom is -0.494 e. The number of hydrogen-bond acceptors (Lipinski definition) is 5. The minimum atomic E-state index is -0.523. The number of hydrogen-bond donors (Lipinski definition) is 1. The second kappa shape index (κ2) is 9.68. The third-order valence-corrected chi connectivity index (χ3v) is 7.24. The van der Waals surface area contributed by atoms with Gasteiger partial charge in [0.25, 0.3) is 0 Å². The highest BCUT2D eigenvalue weighted by Gasteiger charge is 2.39. The average Bonchev–Trinajstić information content (AvgIpc) is 3.47. The van der Waals surface area contributed by atoms with E-state index in [2.05, 4.69) is 10.3 Å². The number of fused-ring (bicyclic) bond motifs is 1. The third-order valence-electron chi connectivity index (χ3n) is 7.24.